The van der Waals surface area contributed by atoms with E-state index in [4.69, 9.17) is 9.15 Å². The first kappa shape index (κ1) is 25.6. The molecule has 0 bridgehead atoms. The van der Waals surface area contributed by atoms with Crippen molar-refractivity contribution in [2.75, 3.05) is 16.2 Å². The van der Waals surface area contributed by atoms with Gasteiger partial charge in [-0.2, -0.15) is 4.31 Å². The van der Waals surface area contributed by atoms with Gasteiger partial charge in [-0.05, 0) is 68.4 Å². The molecule has 0 spiro atoms. The molecular weight excluding hydrogens is 496 g/mol. The highest BCUT2D eigenvalue weighted by atomic mass is 32.2. The number of benzene rings is 3. The fourth-order valence-electron chi connectivity index (χ4n) is 3.87. The van der Waals surface area contributed by atoms with Crippen LogP contribution >= 0.6 is 0 Å². The predicted molar refractivity (Wildman–Crippen MR) is 138 cm³/mol. The molecule has 10 heteroatoms. The molecule has 37 heavy (non-hydrogen) atoms. The van der Waals surface area contributed by atoms with Crippen molar-refractivity contribution in [1.82, 2.24) is 0 Å². The first-order valence-corrected chi connectivity index (χ1v) is 12.8. The summed E-state index contributed by atoms with van der Waals surface area (Å²) in [6, 6.07) is 17.8. The highest BCUT2D eigenvalue weighted by Crippen LogP contribution is 2.33. The highest BCUT2D eigenvalue weighted by molar-refractivity contribution is 7.93. The average molecular weight is 521 g/mol. The van der Waals surface area contributed by atoms with Crippen molar-refractivity contribution in [3.8, 4) is 0 Å². The molecule has 1 heterocycles. The number of hydrogen-bond acceptors (Lipinski definition) is 7. The lowest BCUT2D eigenvalue weighted by atomic mass is 10.1. The zero-order valence-corrected chi connectivity index (χ0v) is 21.2. The normalized spacial score (nSPS) is 11.2. The molecular formula is C27H24N2O7S. The zero-order chi connectivity index (χ0) is 26.7. The quantitative estimate of drug-likeness (QED) is 0.343. The molecule has 9 nitrogen and oxygen atoms in total. The van der Waals surface area contributed by atoms with Gasteiger partial charge in [0.25, 0.3) is 15.9 Å². The van der Waals surface area contributed by atoms with Crippen molar-refractivity contribution in [1.29, 1.82) is 0 Å². The van der Waals surface area contributed by atoms with E-state index in [2.05, 4.69) is 5.32 Å². The second kappa shape index (κ2) is 10.3. The van der Waals surface area contributed by atoms with Crippen molar-refractivity contribution in [2.24, 2.45) is 0 Å². The number of fused-ring (bicyclic) bond motifs is 1. The molecule has 0 aliphatic carbocycles. The summed E-state index contributed by atoms with van der Waals surface area (Å²) >= 11 is 0. The number of nitrogens with one attached hydrogen (secondary N) is 1. The van der Waals surface area contributed by atoms with E-state index in [1.54, 1.807) is 32.0 Å². The molecule has 4 rings (SSSR count). The number of furan rings is 1. The molecule has 0 unspecified atom stereocenters. The summed E-state index contributed by atoms with van der Waals surface area (Å²) in [6.07, 6.45) is 0. The third-order valence-corrected chi connectivity index (χ3v) is 7.21. The van der Waals surface area contributed by atoms with Crippen LogP contribution in [0.25, 0.3) is 11.0 Å². The molecule has 4 aromatic rings. The summed E-state index contributed by atoms with van der Waals surface area (Å²) in [7, 11) is -4.43. The van der Waals surface area contributed by atoms with E-state index in [0.717, 1.165) is 0 Å². The third kappa shape index (κ3) is 5.10. The molecule has 0 radical (unpaired) electrons. The van der Waals surface area contributed by atoms with Crippen molar-refractivity contribution in [2.45, 2.75) is 25.7 Å². The molecule has 1 N–H and O–H groups in total. The number of sulfonamides is 1. The Morgan fingerprint density at radius 3 is 2.27 bits per heavy atom. The standard InChI is InChI=1S/C27H24N2O7S/c1-4-35-27(32)25-17(2)36-24-15-12-21(16-23(24)25)29(26(31)19-8-6-5-7-9-19)37(33,34)22-13-10-20(11-14-22)28-18(3)30/h5-16H,4H2,1-3H3,(H,28,30). The topological polar surface area (TPSA) is 123 Å². The van der Waals surface area contributed by atoms with Crippen molar-refractivity contribution < 1.29 is 32.0 Å². The summed E-state index contributed by atoms with van der Waals surface area (Å²) in [5.41, 5.74) is 1.06. The van der Waals surface area contributed by atoms with Crippen LogP contribution in [0.2, 0.25) is 0 Å². The van der Waals surface area contributed by atoms with Crippen LogP contribution in [0.15, 0.2) is 82.1 Å². The largest absolute Gasteiger partial charge is 0.462 e. The van der Waals surface area contributed by atoms with Gasteiger partial charge in [-0.15, -0.1) is 0 Å². The van der Waals surface area contributed by atoms with Gasteiger partial charge in [-0.25, -0.2) is 13.2 Å². The van der Waals surface area contributed by atoms with E-state index >= 15 is 0 Å². The number of anilines is 2. The second-order valence-electron chi connectivity index (χ2n) is 8.08. The lowest BCUT2D eigenvalue weighted by Crippen LogP contribution is -2.37. The second-order valence-corrected chi connectivity index (χ2v) is 9.87. The number of aryl methyl sites for hydroxylation is 1. The number of ether oxygens (including phenoxy) is 1. The van der Waals surface area contributed by atoms with Gasteiger partial charge >= 0.3 is 5.97 Å². The smallest absolute Gasteiger partial charge is 0.342 e. The third-order valence-electron chi connectivity index (χ3n) is 5.48. The van der Waals surface area contributed by atoms with Crippen molar-refractivity contribution >= 4 is 50.2 Å². The number of nitrogens with zero attached hydrogens (tertiary/aromatic N) is 1. The van der Waals surface area contributed by atoms with Crippen LogP contribution in [0.3, 0.4) is 0 Å². The van der Waals surface area contributed by atoms with Crippen molar-refractivity contribution in [3.63, 3.8) is 0 Å². The SMILES string of the molecule is CCOC(=O)c1c(C)oc2ccc(N(C(=O)c3ccccc3)S(=O)(=O)c3ccc(NC(C)=O)cc3)cc12. The van der Waals surface area contributed by atoms with Gasteiger partial charge in [-0.1, -0.05) is 18.2 Å². The minimum Gasteiger partial charge on any atom is -0.462 e. The molecule has 0 aliphatic heterocycles. The lowest BCUT2D eigenvalue weighted by Gasteiger charge is -2.23. The minimum absolute atomic E-state index is 0.0126. The number of carbonyl (C=O) groups excluding carboxylic acids is 3. The molecule has 0 saturated heterocycles. The van der Waals surface area contributed by atoms with Crippen LogP contribution in [-0.4, -0.2) is 32.8 Å². The highest BCUT2D eigenvalue weighted by Gasteiger charge is 2.33. The summed E-state index contributed by atoms with van der Waals surface area (Å²) in [5.74, 6) is -1.41. The summed E-state index contributed by atoms with van der Waals surface area (Å²) in [6.45, 7) is 4.76. The Morgan fingerprint density at radius 1 is 0.973 bits per heavy atom. The van der Waals surface area contributed by atoms with Gasteiger partial charge in [0, 0.05) is 23.6 Å². The number of esters is 1. The first-order chi connectivity index (χ1) is 17.6. The van der Waals surface area contributed by atoms with Gasteiger partial charge in [0.2, 0.25) is 5.91 Å². The van der Waals surface area contributed by atoms with E-state index in [1.165, 1.54) is 61.5 Å². The Bertz CT molecular complexity index is 1590. The van der Waals surface area contributed by atoms with E-state index in [9.17, 15) is 22.8 Å². The molecule has 0 saturated carbocycles. The van der Waals surface area contributed by atoms with E-state index in [0.29, 0.717) is 26.7 Å². The first-order valence-electron chi connectivity index (χ1n) is 11.4. The summed E-state index contributed by atoms with van der Waals surface area (Å²) in [5, 5.41) is 2.89. The van der Waals surface area contributed by atoms with Crippen LogP contribution < -0.4 is 9.62 Å². The van der Waals surface area contributed by atoms with Crippen LogP contribution in [0.4, 0.5) is 11.4 Å². The van der Waals surface area contributed by atoms with Crippen LogP contribution in [-0.2, 0) is 19.6 Å². The van der Waals surface area contributed by atoms with Crippen molar-refractivity contribution in [3.05, 3.63) is 89.7 Å². The number of carbonyl (C=O) groups is 3. The molecule has 3 aromatic carbocycles. The van der Waals surface area contributed by atoms with Gasteiger partial charge in [-0.3, -0.25) is 9.59 Å². The molecule has 0 aliphatic rings. The molecule has 0 atom stereocenters. The van der Waals surface area contributed by atoms with Crippen LogP contribution in [0.5, 0.6) is 0 Å². The van der Waals surface area contributed by atoms with Gasteiger partial charge in [0.05, 0.1) is 17.2 Å². The monoisotopic (exact) mass is 520 g/mol. The molecule has 1 aromatic heterocycles. The van der Waals surface area contributed by atoms with E-state index < -0.39 is 21.9 Å². The zero-order valence-electron chi connectivity index (χ0n) is 20.3. The Balaban J connectivity index is 1.88. The Labute approximate surface area is 213 Å². The van der Waals surface area contributed by atoms with Crippen LogP contribution in [0.1, 0.15) is 40.3 Å². The lowest BCUT2D eigenvalue weighted by molar-refractivity contribution is -0.114. The molecule has 190 valence electrons. The van der Waals surface area contributed by atoms with E-state index in [-0.39, 0.29) is 34.2 Å². The number of hydrogen-bond donors (Lipinski definition) is 1. The number of amides is 2. The Morgan fingerprint density at radius 2 is 1.65 bits per heavy atom. The van der Waals surface area contributed by atoms with Gasteiger partial charge in [0.15, 0.2) is 0 Å². The average Bonchev–Trinajstić information content (AvgIpc) is 3.19. The maximum Gasteiger partial charge on any atom is 0.342 e. The van der Waals surface area contributed by atoms with Gasteiger partial charge in [0.1, 0.15) is 16.9 Å². The maximum absolute atomic E-state index is 13.8. The Kier molecular flexibility index (Phi) is 7.12. The Hall–Kier alpha value is -4.44. The molecule has 2 amide bonds. The summed E-state index contributed by atoms with van der Waals surface area (Å²) in [4.78, 5) is 37.4. The molecule has 0 fully saturated rings. The maximum atomic E-state index is 13.8. The van der Waals surface area contributed by atoms with Gasteiger partial charge < -0.3 is 14.5 Å². The van der Waals surface area contributed by atoms with Crippen LogP contribution in [0, 0.1) is 6.92 Å². The predicted octanol–water partition coefficient (Wildman–Crippen LogP) is 4.91. The fraction of sp³-hybridized carbons (Fsp3) is 0.148. The fourth-order valence-corrected chi connectivity index (χ4v) is 5.28. The number of rotatable bonds is 7. The minimum atomic E-state index is -4.43. The summed E-state index contributed by atoms with van der Waals surface area (Å²) < 4.78 is 39.2. The van der Waals surface area contributed by atoms with E-state index in [1.807, 2.05) is 0 Å².